The molecule has 0 amide bonds. The van der Waals surface area contributed by atoms with E-state index < -0.39 is 0 Å². The van der Waals surface area contributed by atoms with Crippen molar-refractivity contribution in [3.8, 4) is 5.75 Å². The summed E-state index contributed by atoms with van der Waals surface area (Å²) < 4.78 is 7.33. The molecule has 20 heavy (non-hydrogen) atoms. The van der Waals surface area contributed by atoms with Crippen LogP contribution in [0.4, 0.5) is 0 Å². The second-order valence-electron chi connectivity index (χ2n) is 5.05. The highest BCUT2D eigenvalue weighted by Crippen LogP contribution is 2.19. The van der Waals surface area contributed by atoms with Crippen LogP contribution in [0, 0.1) is 6.92 Å². The number of rotatable bonds is 6. The lowest BCUT2D eigenvalue weighted by Gasteiger charge is -2.21. The molecule has 2 rings (SSSR count). The number of imidazole rings is 1. The van der Waals surface area contributed by atoms with Crippen molar-refractivity contribution in [1.29, 1.82) is 0 Å². The number of aromatic nitrogens is 2. The van der Waals surface area contributed by atoms with Gasteiger partial charge in [-0.25, -0.2) is 4.98 Å². The third-order valence-electron chi connectivity index (χ3n) is 3.68. The number of methoxy groups -OCH3 is 1. The second-order valence-corrected chi connectivity index (χ2v) is 5.05. The van der Waals surface area contributed by atoms with Crippen LogP contribution in [0.1, 0.15) is 23.9 Å². The highest BCUT2D eigenvalue weighted by Gasteiger charge is 2.10. The maximum atomic E-state index is 5.26. The molecule has 0 N–H and O–H groups in total. The standard InChI is InChI=1S/C16H23N3O/c1-5-19(12-16-17-8-9-18(16)3)11-14-6-7-15(20-4)10-13(14)2/h6-10H,5,11-12H2,1-4H3. The molecule has 4 heteroatoms. The molecule has 0 aliphatic heterocycles. The number of nitrogens with zero attached hydrogens (tertiary/aromatic N) is 3. The summed E-state index contributed by atoms with van der Waals surface area (Å²) in [5, 5.41) is 0. The minimum atomic E-state index is 0.867. The van der Waals surface area contributed by atoms with Gasteiger partial charge in [-0.2, -0.15) is 0 Å². The zero-order chi connectivity index (χ0) is 14.5. The first-order valence-corrected chi connectivity index (χ1v) is 6.96. The summed E-state index contributed by atoms with van der Waals surface area (Å²) in [5.74, 6) is 2.01. The highest BCUT2D eigenvalue weighted by atomic mass is 16.5. The van der Waals surface area contributed by atoms with E-state index in [1.165, 1.54) is 11.1 Å². The zero-order valence-corrected chi connectivity index (χ0v) is 12.8. The summed E-state index contributed by atoms with van der Waals surface area (Å²) in [7, 11) is 3.74. The molecule has 1 heterocycles. The van der Waals surface area contributed by atoms with E-state index in [9.17, 15) is 0 Å². The van der Waals surface area contributed by atoms with Crippen molar-refractivity contribution in [2.24, 2.45) is 7.05 Å². The Morgan fingerprint density at radius 2 is 2.10 bits per heavy atom. The van der Waals surface area contributed by atoms with Crippen LogP contribution in [0.2, 0.25) is 0 Å². The van der Waals surface area contributed by atoms with Crippen molar-refractivity contribution in [2.75, 3.05) is 13.7 Å². The van der Waals surface area contributed by atoms with Gasteiger partial charge in [-0.1, -0.05) is 13.0 Å². The van der Waals surface area contributed by atoms with Crippen LogP contribution in [0.15, 0.2) is 30.6 Å². The van der Waals surface area contributed by atoms with Gasteiger partial charge in [0.15, 0.2) is 0 Å². The van der Waals surface area contributed by atoms with E-state index in [1.807, 2.05) is 25.5 Å². The van der Waals surface area contributed by atoms with Crippen molar-refractivity contribution in [3.05, 3.63) is 47.5 Å². The Bertz CT molecular complexity index is 563. The van der Waals surface area contributed by atoms with Crippen molar-refractivity contribution >= 4 is 0 Å². The molecule has 0 bridgehead atoms. The summed E-state index contributed by atoms with van der Waals surface area (Å²) in [5.41, 5.74) is 2.60. The number of ether oxygens (including phenoxy) is 1. The van der Waals surface area contributed by atoms with Gasteiger partial charge >= 0.3 is 0 Å². The van der Waals surface area contributed by atoms with E-state index >= 15 is 0 Å². The van der Waals surface area contributed by atoms with Crippen LogP contribution < -0.4 is 4.74 Å². The number of aryl methyl sites for hydroxylation is 2. The van der Waals surface area contributed by atoms with Crippen LogP contribution in [0.3, 0.4) is 0 Å². The van der Waals surface area contributed by atoms with E-state index in [4.69, 9.17) is 4.74 Å². The van der Waals surface area contributed by atoms with Gasteiger partial charge in [-0.3, -0.25) is 4.90 Å². The number of hydrogen-bond donors (Lipinski definition) is 0. The van der Waals surface area contributed by atoms with E-state index in [1.54, 1.807) is 7.11 Å². The minimum absolute atomic E-state index is 0.867. The zero-order valence-electron chi connectivity index (χ0n) is 12.8. The summed E-state index contributed by atoms with van der Waals surface area (Å²) in [6, 6.07) is 6.26. The lowest BCUT2D eigenvalue weighted by Crippen LogP contribution is -2.24. The Kier molecular flexibility index (Phi) is 4.79. The van der Waals surface area contributed by atoms with Crippen LogP contribution in [0.25, 0.3) is 0 Å². The molecule has 108 valence electrons. The Hall–Kier alpha value is -1.81. The molecule has 2 aromatic rings. The van der Waals surface area contributed by atoms with Crippen LogP contribution in [-0.2, 0) is 20.1 Å². The van der Waals surface area contributed by atoms with Gasteiger partial charge in [-0.15, -0.1) is 0 Å². The molecular formula is C16H23N3O. The molecule has 0 saturated carbocycles. The van der Waals surface area contributed by atoms with Crippen molar-refractivity contribution in [1.82, 2.24) is 14.5 Å². The average Bonchev–Trinajstić information content (AvgIpc) is 2.85. The summed E-state index contributed by atoms with van der Waals surface area (Å²) in [6.07, 6.45) is 3.84. The second kappa shape index (κ2) is 6.57. The topological polar surface area (TPSA) is 30.3 Å². The highest BCUT2D eigenvalue weighted by molar-refractivity contribution is 5.34. The molecule has 0 saturated heterocycles. The minimum Gasteiger partial charge on any atom is -0.497 e. The molecule has 0 aliphatic rings. The van der Waals surface area contributed by atoms with Gasteiger partial charge in [0.1, 0.15) is 11.6 Å². The molecule has 0 fully saturated rings. The Morgan fingerprint density at radius 3 is 2.65 bits per heavy atom. The van der Waals surface area contributed by atoms with Gasteiger partial charge in [0.05, 0.1) is 13.7 Å². The van der Waals surface area contributed by atoms with Crippen molar-refractivity contribution < 1.29 is 4.74 Å². The first-order chi connectivity index (χ1) is 9.63. The van der Waals surface area contributed by atoms with E-state index in [0.717, 1.165) is 31.2 Å². The fourth-order valence-corrected chi connectivity index (χ4v) is 2.24. The monoisotopic (exact) mass is 273 g/mol. The fraction of sp³-hybridized carbons (Fsp3) is 0.438. The Balaban J connectivity index is 2.08. The molecule has 1 aromatic heterocycles. The van der Waals surface area contributed by atoms with Crippen LogP contribution in [-0.4, -0.2) is 28.1 Å². The van der Waals surface area contributed by atoms with E-state index in [-0.39, 0.29) is 0 Å². The van der Waals surface area contributed by atoms with Crippen molar-refractivity contribution in [3.63, 3.8) is 0 Å². The van der Waals surface area contributed by atoms with Gasteiger partial charge < -0.3 is 9.30 Å². The smallest absolute Gasteiger partial charge is 0.122 e. The SMILES string of the molecule is CCN(Cc1ccc(OC)cc1C)Cc1nccn1C. The average molecular weight is 273 g/mol. The predicted octanol–water partition coefficient (Wildman–Crippen LogP) is 2.76. The maximum absolute atomic E-state index is 5.26. The first-order valence-electron chi connectivity index (χ1n) is 6.96. The fourth-order valence-electron chi connectivity index (χ4n) is 2.24. The van der Waals surface area contributed by atoms with Crippen molar-refractivity contribution in [2.45, 2.75) is 26.9 Å². The third kappa shape index (κ3) is 3.39. The van der Waals surface area contributed by atoms with Gasteiger partial charge in [0.2, 0.25) is 0 Å². The summed E-state index contributed by atoms with van der Waals surface area (Å²) in [6.45, 7) is 7.11. The first kappa shape index (κ1) is 14.6. The molecule has 1 aromatic carbocycles. The van der Waals surface area contributed by atoms with Gasteiger partial charge in [-0.05, 0) is 36.7 Å². The quantitative estimate of drug-likeness (QED) is 0.810. The van der Waals surface area contributed by atoms with E-state index in [2.05, 4.69) is 40.4 Å². The molecule has 4 nitrogen and oxygen atoms in total. The van der Waals surface area contributed by atoms with Gasteiger partial charge in [0, 0.05) is 26.0 Å². The summed E-state index contributed by atoms with van der Waals surface area (Å²) in [4.78, 5) is 6.78. The Labute approximate surface area is 121 Å². The molecule has 0 spiro atoms. The normalized spacial score (nSPS) is 11.1. The predicted molar refractivity (Wildman–Crippen MR) is 80.7 cm³/mol. The molecule has 0 unspecified atom stereocenters. The van der Waals surface area contributed by atoms with Crippen LogP contribution >= 0.6 is 0 Å². The molecule has 0 radical (unpaired) electrons. The Morgan fingerprint density at radius 1 is 1.30 bits per heavy atom. The largest absolute Gasteiger partial charge is 0.497 e. The molecule has 0 aliphatic carbocycles. The molecule has 0 atom stereocenters. The maximum Gasteiger partial charge on any atom is 0.122 e. The van der Waals surface area contributed by atoms with Crippen LogP contribution in [0.5, 0.6) is 5.75 Å². The summed E-state index contributed by atoms with van der Waals surface area (Å²) >= 11 is 0. The third-order valence-corrected chi connectivity index (χ3v) is 3.68. The lowest BCUT2D eigenvalue weighted by atomic mass is 10.1. The van der Waals surface area contributed by atoms with E-state index in [0.29, 0.717) is 0 Å². The number of benzene rings is 1. The molecular weight excluding hydrogens is 250 g/mol. The number of hydrogen-bond acceptors (Lipinski definition) is 3. The lowest BCUT2D eigenvalue weighted by molar-refractivity contribution is 0.261. The van der Waals surface area contributed by atoms with Gasteiger partial charge in [0.25, 0.3) is 0 Å².